The smallest absolute Gasteiger partial charge is 0.340 e. The van der Waals surface area contributed by atoms with Crippen molar-refractivity contribution in [1.82, 2.24) is 0 Å². The summed E-state index contributed by atoms with van der Waals surface area (Å²) in [7, 11) is 0. The minimum Gasteiger partial charge on any atom is -0.462 e. The van der Waals surface area contributed by atoms with Crippen LogP contribution in [0.25, 0.3) is 0 Å². The van der Waals surface area contributed by atoms with Crippen LogP contribution in [0, 0.1) is 10.1 Å². The van der Waals surface area contributed by atoms with Gasteiger partial charge in [0.05, 0.1) is 28.3 Å². The largest absolute Gasteiger partial charge is 0.462 e. The van der Waals surface area contributed by atoms with Gasteiger partial charge in [0.1, 0.15) is 0 Å². The van der Waals surface area contributed by atoms with Crippen molar-refractivity contribution in [3.8, 4) is 0 Å². The second-order valence-electron chi connectivity index (χ2n) is 5.20. The van der Waals surface area contributed by atoms with Crippen LogP contribution in [0.3, 0.4) is 0 Å². The standard InChI is InChI=1S/C18H16N2O7/c1-2-26-18(23)14-8-3-4-9-15(14)19-16(21)11-27-17(22)12-6-5-7-13(10-12)20(24)25/h3-10H,2,11H2,1H3,(H,19,21). The van der Waals surface area contributed by atoms with Crippen LogP contribution in [0.15, 0.2) is 48.5 Å². The number of rotatable bonds is 7. The Morgan fingerprint density at radius 2 is 1.78 bits per heavy atom. The van der Waals surface area contributed by atoms with E-state index in [-0.39, 0.29) is 29.1 Å². The lowest BCUT2D eigenvalue weighted by Gasteiger charge is -2.10. The molecule has 0 atom stereocenters. The SMILES string of the molecule is CCOC(=O)c1ccccc1NC(=O)COC(=O)c1cccc([N+](=O)[O-])c1. The molecule has 0 unspecified atom stereocenters. The van der Waals surface area contributed by atoms with Gasteiger partial charge in [-0.2, -0.15) is 0 Å². The van der Waals surface area contributed by atoms with E-state index in [9.17, 15) is 24.5 Å². The monoisotopic (exact) mass is 372 g/mol. The Labute approximate surface area is 154 Å². The molecule has 1 amide bonds. The third-order valence-corrected chi connectivity index (χ3v) is 3.32. The minimum absolute atomic E-state index is 0.0519. The molecule has 9 nitrogen and oxygen atoms in total. The molecule has 0 aliphatic carbocycles. The summed E-state index contributed by atoms with van der Waals surface area (Å²) in [6.07, 6.45) is 0. The molecule has 0 heterocycles. The zero-order chi connectivity index (χ0) is 19.8. The van der Waals surface area contributed by atoms with Gasteiger partial charge in [-0.1, -0.05) is 18.2 Å². The van der Waals surface area contributed by atoms with Crippen LogP contribution >= 0.6 is 0 Å². The Morgan fingerprint density at radius 1 is 1.04 bits per heavy atom. The molecule has 0 aliphatic rings. The third kappa shape index (κ3) is 5.36. The summed E-state index contributed by atoms with van der Waals surface area (Å²) in [4.78, 5) is 45.9. The van der Waals surface area contributed by atoms with Crippen LogP contribution in [0.2, 0.25) is 0 Å². The molecule has 0 saturated heterocycles. The van der Waals surface area contributed by atoms with Crippen molar-refractivity contribution in [3.05, 3.63) is 69.8 Å². The zero-order valence-corrected chi connectivity index (χ0v) is 14.3. The first-order chi connectivity index (χ1) is 12.9. The van der Waals surface area contributed by atoms with E-state index in [1.165, 1.54) is 30.3 Å². The highest BCUT2D eigenvalue weighted by atomic mass is 16.6. The highest BCUT2D eigenvalue weighted by Gasteiger charge is 2.16. The quantitative estimate of drug-likeness (QED) is 0.450. The summed E-state index contributed by atoms with van der Waals surface area (Å²) in [5.41, 5.74) is 0.0613. The number of carbonyl (C=O) groups excluding carboxylic acids is 3. The number of hydrogen-bond donors (Lipinski definition) is 1. The van der Waals surface area contributed by atoms with Crippen LogP contribution in [0.5, 0.6) is 0 Å². The van der Waals surface area contributed by atoms with Gasteiger partial charge < -0.3 is 14.8 Å². The van der Waals surface area contributed by atoms with Gasteiger partial charge in [-0.15, -0.1) is 0 Å². The van der Waals surface area contributed by atoms with E-state index in [0.29, 0.717) is 0 Å². The Balaban J connectivity index is 1.99. The molecule has 0 saturated carbocycles. The maximum atomic E-state index is 12.0. The molecule has 0 bridgehead atoms. The summed E-state index contributed by atoms with van der Waals surface area (Å²) in [6.45, 7) is 1.22. The average Bonchev–Trinajstić information content (AvgIpc) is 2.66. The highest BCUT2D eigenvalue weighted by Crippen LogP contribution is 2.17. The van der Waals surface area contributed by atoms with Gasteiger partial charge in [0.15, 0.2) is 6.61 Å². The fourth-order valence-electron chi connectivity index (χ4n) is 2.13. The van der Waals surface area contributed by atoms with Crippen molar-refractivity contribution in [2.75, 3.05) is 18.5 Å². The van der Waals surface area contributed by atoms with E-state index in [0.717, 1.165) is 6.07 Å². The predicted molar refractivity (Wildman–Crippen MR) is 94.4 cm³/mol. The maximum absolute atomic E-state index is 12.0. The minimum atomic E-state index is -0.882. The first-order valence-electron chi connectivity index (χ1n) is 7.90. The number of anilines is 1. The number of esters is 2. The first kappa shape index (κ1) is 19.6. The number of nitro benzene ring substituents is 1. The van der Waals surface area contributed by atoms with E-state index in [1.54, 1.807) is 19.1 Å². The van der Waals surface area contributed by atoms with Gasteiger partial charge >= 0.3 is 11.9 Å². The average molecular weight is 372 g/mol. The molecule has 2 rings (SSSR count). The fourth-order valence-corrected chi connectivity index (χ4v) is 2.13. The molecule has 1 N–H and O–H groups in total. The molecule has 0 radical (unpaired) electrons. The predicted octanol–water partition coefficient (Wildman–Crippen LogP) is 2.57. The molecule has 0 aromatic heterocycles. The molecule has 2 aromatic rings. The number of nitrogens with zero attached hydrogens (tertiary/aromatic N) is 1. The maximum Gasteiger partial charge on any atom is 0.340 e. The lowest BCUT2D eigenvalue weighted by Crippen LogP contribution is -2.22. The highest BCUT2D eigenvalue weighted by molar-refractivity contribution is 6.02. The number of ether oxygens (including phenoxy) is 2. The van der Waals surface area contributed by atoms with Crippen molar-refractivity contribution in [2.24, 2.45) is 0 Å². The van der Waals surface area contributed by atoms with Gasteiger partial charge in [0, 0.05) is 12.1 Å². The molecule has 0 fully saturated rings. The molecular formula is C18H16N2O7. The van der Waals surface area contributed by atoms with Crippen LogP contribution in [-0.4, -0.2) is 36.0 Å². The second kappa shape index (κ2) is 9.09. The Hall–Kier alpha value is -3.75. The zero-order valence-electron chi connectivity index (χ0n) is 14.3. The van der Waals surface area contributed by atoms with Crippen LogP contribution in [-0.2, 0) is 14.3 Å². The van der Waals surface area contributed by atoms with Crippen molar-refractivity contribution < 1.29 is 28.8 Å². The number of para-hydroxylation sites is 1. The number of nitro groups is 1. The Kier molecular flexibility index (Phi) is 6.59. The molecular weight excluding hydrogens is 356 g/mol. The fraction of sp³-hybridized carbons (Fsp3) is 0.167. The van der Waals surface area contributed by atoms with Crippen molar-refractivity contribution in [3.63, 3.8) is 0 Å². The number of benzene rings is 2. The third-order valence-electron chi connectivity index (χ3n) is 3.32. The molecule has 140 valence electrons. The van der Waals surface area contributed by atoms with Gasteiger partial charge in [-0.25, -0.2) is 9.59 Å². The second-order valence-corrected chi connectivity index (χ2v) is 5.20. The van der Waals surface area contributed by atoms with E-state index in [4.69, 9.17) is 9.47 Å². The molecule has 27 heavy (non-hydrogen) atoms. The van der Waals surface area contributed by atoms with Crippen LogP contribution in [0.1, 0.15) is 27.6 Å². The summed E-state index contributed by atoms with van der Waals surface area (Å²) in [6, 6.07) is 11.2. The number of nitrogens with one attached hydrogen (secondary N) is 1. The topological polar surface area (TPSA) is 125 Å². The Morgan fingerprint density at radius 3 is 2.48 bits per heavy atom. The molecule has 0 aliphatic heterocycles. The number of non-ortho nitro benzene ring substituents is 1. The summed E-state index contributed by atoms with van der Waals surface area (Å²) >= 11 is 0. The van der Waals surface area contributed by atoms with E-state index >= 15 is 0 Å². The number of hydrogen-bond acceptors (Lipinski definition) is 7. The van der Waals surface area contributed by atoms with E-state index < -0.39 is 29.4 Å². The van der Waals surface area contributed by atoms with E-state index in [1.807, 2.05) is 0 Å². The lowest BCUT2D eigenvalue weighted by molar-refractivity contribution is -0.384. The number of carbonyl (C=O) groups is 3. The molecule has 2 aromatic carbocycles. The van der Waals surface area contributed by atoms with Gasteiger partial charge in [0.2, 0.25) is 0 Å². The van der Waals surface area contributed by atoms with Crippen LogP contribution < -0.4 is 5.32 Å². The number of amides is 1. The summed E-state index contributed by atoms with van der Waals surface area (Å²) in [5, 5.41) is 13.2. The van der Waals surface area contributed by atoms with E-state index in [2.05, 4.69) is 5.32 Å². The normalized spacial score (nSPS) is 9.96. The van der Waals surface area contributed by atoms with Crippen molar-refractivity contribution >= 4 is 29.2 Å². The van der Waals surface area contributed by atoms with Gasteiger partial charge in [-0.3, -0.25) is 14.9 Å². The van der Waals surface area contributed by atoms with Crippen molar-refractivity contribution in [2.45, 2.75) is 6.92 Å². The molecule has 0 spiro atoms. The summed E-state index contributed by atoms with van der Waals surface area (Å²) in [5.74, 6) is -2.15. The van der Waals surface area contributed by atoms with Crippen LogP contribution in [0.4, 0.5) is 11.4 Å². The van der Waals surface area contributed by atoms with Gasteiger partial charge in [-0.05, 0) is 25.1 Å². The Bertz CT molecular complexity index is 880. The molecule has 9 heteroatoms. The van der Waals surface area contributed by atoms with Gasteiger partial charge in [0.25, 0.3) is 11.6 Å². The van der Waals surface area contributed by atoms with Crippen molar-refractivity contribution in [1.29, 1.82) is 0 Å². The summed E-state index contributed by atoms with van der Waals surface area (Å²) < 4.78 is 9.76. The lowest BCUT2D eigenvalue weighted by atomic mass is 10.2. The first-order valence-corrected chi connectivity index (χ1v) is 7.90.